The van der Waals surface area contributed by atoms with Crippen molar-refractivity contribution in [2.45, 2.75) is 90.4 Å². The molecule has 1 aromatic carbocycles. The standard InChI is InChI=1S/C24H36F2N2O/c1-3-4-5-6-7-11-18-29-21-15-14-20(23(25)24(21)26)19(2)12-9-8-10-13-22-27-16-17-28-22/h14-17,19H,3-13,18H2,1-2H3,(H,27,28). The van der Waals surface area contributed by atoms with Crippen molar-refractivity contribution >= 4 is 0 Å². The Morgan fingerprint density at radius 2 is 1.72 bits per heavy atom. The minimum absolute atomic E-state index is 0.0132. The molecule has 1 atom stereocenters. The van der Waals surface area contributed by atoms with E-state index in [4.69, 9.17) is 4.74 Å². The van der Waals surface area contributed by atoms with Crippen LogP contribution in [0.4, 0.5) is 8.78 Å². The van der Waals surface area contributed by atoms with Gasteiger partial charge in [0, 0.05) is 18.8 Å². The molecule has 2 aromatic rings. The van der Waals surface area contributed by atoms with E-state index < -0.39 is 11.6 Å². The summed E-state index contributed by atoms with van der Waals surface area (Å²) in [6, 6.07) is 3.26. The van der Waals surface area contributed by atoms with Gasteiger partial charge in [-0.25, -0.2) is 9.37 Å². The molecule has 1 heterocycles. The topological polar surface area (TPSA) is 37.9 Å². The third-order valence-electron chi connectivity index (χ3n) is 5.47. The first kappa shape index (κ1) is 23.4. The Morgan fingerprint density at radius 3 is 2.48 bits per heavy atom. The molecule has 0 saturated heterocycles. The van der Waals surface area contributed by atoms with Crippen LogP contribution in [0.2, 0.25) is 0 Å². The number of nitrogens with zero attached hydrogens (tertiary/aromatic N) is 1. The number of unbranched alkanes of at least 4 members (excludes halogenated alkanes) is 7. The van der Waals surface area contributed by atoms with E-state index in [9.17, 15) is 8.78 Å². The highest BCUT2D eigenvalue weighted by atomic mass is 19.2. The van der Waals surface area contributed by atoms with Crippen LogP contribution in [0.5, 0.6) is 5.75 Å². The predicted octanol–water partition coefficient (Wildman–Crippen LogP) is 7.33. The lowest BCUT2D eigenvalue weighted by molar-refractivity contribution is 0.284. The molecule has 0 aliphatic rings. The predicted molar refractivity (Wildman–Crippen MR) is 114 cm³/mol. The second-order valence-corrected chi connectivity index (χ2v) is 7.93. The van der Waals surface area contributed by atoms with Gasteiger partial charge in [0.1, 0.15) is 5.82 Å². The molecule has 1 aromatic heterocycles. The Bertz CT molecular complexity index is 688. The van der Waals surface area contributed by atoms with Crippen molar-refractivity contribution in [1.29, 1.82) is 0 Å². The van der Waals surface area contributed by atoms with E-state index in [1.807, 2.05) is 13.1 Å². The molecule has 0 aliphatic carbocycles. The van der Waals surface area contributed by atoms with Crippen LogP contribution in [0.25, 0.3) is 0 Å². The number of ether oxygens (including phenoxy) is 1. The third kappa shape index (κ3) is 8.15. The van der Waals surface area contributed by atoms with E-state index in [2.05, 4.69) is 16.9 Å². The first-order valence-corrected chi connectivity index (χ1v) is 11.2. The Morgan fingerprint density at radius 1 is 0.966 bits per heavy atom. The number of rotatable bonds is 15. The van der Waals surface area contributed by atoms with Gasteiger partial charge >= 0.3 is 0 Å². The maximum atomic E-state index is 14.5. The Kier molecular flexibility index (Phi) is 10.7. The fourth-order valence-electron chi connectivity index (χ4n) is 3.61. The zero-order chi connectivity index (χ0) is 20.9. The zero-order valence-corrected chi connectivity index (χ0v) is 18.0. The minimum Gasteiger partial charge on any atom is -0.490 e. The molecular formula is C24H36F2N2O. The number of halogens is 2. The highest BCUT2D eigenvalue weighted by molar-refractivity contribution is 5.32. The molecule has 5 heteroatoms. The molecule has 0 aliphatic heterocycles. The van der Waals surface area contributed by atoms with Crippen molar-refractivity contribution in [2.24, 2.45) is 0 Å². The first-order chi connectivity index (χ1) is 14.1. The van der Waals surface area contributed by atoms with Crippen molar-refractivity contribution in [1.82, 2.24) is 9.97 Å². The smallest absolute Gasteiger partial charge is 0.200 e. The molecule has 1 unspecified atom stereocenters. The average molecular weight is 407 g/mol. The van der Waals surface area contributed by atoms with Crippen LogP contribution >= 0.6 is 0 Å². The van der Waals surface area contributed by atoms with E-state index in [0.717, 1.165) is 50.8 Å². The number of hydrogen-bond donors (Lipinski definition) is 1. The fourth-order valence-corrected chi connectivity index (χ4v) is 3.61. The molecule has 0 saturated carbocycles. The zero-order valence-electron chi connectivity index (χ0n) is 18.0. The highest BCUT2D eigenvalue weighted by Gasteiger charge is 2.18. The third-order valence-corrected chi connectivity index (χ3v) is 5.47. The quantitative estimate of drug-likeness (QED) is 0.314. The Hall–Kier alpha value is -1.91. The van der Waals surface area contributed by atoms with E-state index >= 15 is 0 Å². The number of aromatic nitrogens is 2. The molecule has 3 nitrogen and oxygen atoms in total. The van der Waals surface area contributed by atoms with Gasteiger partial charge in [0.2, 0.25) is 5.82 Å². The van der Waals surface area contributed by atoms with Crippen LogP contribution in [0.3, 0.4) is 0 Å². The van der Waals surface area contributed by atoms with Crippen LogP contribution < -0.4 is 4.74 Å². The fraction of sp³-hybridized carbons (Fsp3) is 0.625. The van der Waals surface area contributed by atoms with Gasteiger partial charge in [-0.1, -0.05) is 64.9 Å². The lowest BCUT2D eigenvalue weighted by Crippen LogP contribution is -2.05. The molecule has 0 spiro atoms. The molecule has 0 fully saturated rings. The maximum Gasteiger partial charge on any atom is 0.200 e. The van der Waals surface area contributed by atoms with Crippen molar-refractivity contribution in [2.75, 3.05) is 6.61 Å². The van der Waals surface area contributed by atoms with Crippen molar-refractivity contribution < 1.29 is 13.5 Å². The van der Waals surface area contributed by atoms with Gasteiger partial charge in [-0.2, -0.15) is 4.39 Å². The Labute approximate surface area is 174 Å². The number of hydrogen-bond acceptors (Lipinski definition) is 2. The normalized spacial score (nSPS) is 12.3. The van der Waals surface area contributed by atoms with E-state index in [0.29, 0.717) is 12.2 Å². The maximum absolute atomic E-state index is 14.5. The summed E-state index contributed by atoms with van der Waals surface area (Å²) in [5.41, 5.74) is 0.445. The van der Waals surface area contributed by atoms with E-state index in [1.165, 1.54) is 25.7 Å². The molecule has 0 bridgehead atoms. The summed E-state index contributed by atoms with van der Waals surface area (Å²) in [5.74, 6) is -0.583. The summed E-state index contributed by atoms with van der Waals surface area (Å²) >= 11 is 0. The van der Waals surface area contributed by atoms with Gasteiger partial charge in [0.05, 0.1) is 6.61 Å². The summed E-state index contributed by atoms with van der Waals surface area (Å²) in [4.78, 5) is 7.31. The van der Waals surface area contributed by atoms with Gasteiger partial charge in [-0.3, -0.25) is 0 Å². The molecule has 2 rings (SSSR count). The summed E-state index contributed by atoms with van der Waals surface area (Å²) in [6.07, 6.45) is 15.3. The van der Waals surface area contributed by atoms with Crippen LogP contribution in [-0.2, 0) is 6.42 Å². The number of imidazole rings is 1. The largest absolute Gasteiger partial charge is 0.490 e. The lowest BCUT2D eigenvalue weighted by atomic mass is 9.94. The SMILES string of the molecule is CCCCCCCCOc1ccc(C(C)CCCCCc2ncc[nH]2)c(F)c1F. The number of nitrogens with one attached hydrogen (secondary N) is 1. The van der Waals surface area contributed by atoms with Gasteiger partial charge in [-0.15, -0.1) is 0 Å². The van der Waals surface area contributed by atoms with Crippen LogP contribution in [0.15, 0.2) is 24.5 Å². The molecule has 162 valence electrons. The molecular weight excluding hydrogens is 370 g/mol. The number of H-pyrrole nitrogens is 1. The summed E-state index contributed by atoms with van der Waals surface area (Å²) < 4.78 is 34.4. The van der Waals surface area contributed by atoms with Crippen molar-refractivity contribution in [3.8, 4) is 5.75 Å². The monoisotopic (exact) mass is 406 g/mol. The summed E-state index contributed by atoms with van der Waals surface area (Å²) in [6.45, 7) is 4.59. The minimum atomic E-state index is -0.849. The molecule has 29 heavy (non-hydrogen) atoms. The Balaban J connectivity index is 1.71. The van der Waals surface area contributed by atoms with Gasteiger partial charge < -0.3 is 9.72 Å². The second kappa shape index (κ2) is 13.3. The first-order valence-electron chi connectivity index (χ1n) is 11.2. The highest BCUT2D eigenvalue weighted by Crippen LogP contribution is 2.30. The van der Waals surface area contributed by atoms with E-state index in [1.54, 1.807) is 18.3 Å². The lowest BCUT2D eigenvalue weighted by Gasteiger charge is -2.15. The number of aryl methyl sites for hydroxylation is 1. The van der Waals surface area contributed by atoms with Crippen LogP contribution in [0, 0.1) is 11.6 Å². The molecule has 1 N–H and O–H groups in total. The van der Waals surface area contributed by atoms with Crippen molar-refractivity contribution in [3.63, 3.8) is 0 Å². The van der Waals surface area contributed by atoms with Gasteiger partial charge in [0.15, 0.2) is 11.6 Å². The number of benzene rings is 1. The number of aromatic amines is 1. The van der Waals surface area contributed by atoms with Crippen molar-refractivity contribution in [3.05, 3.63) is 47.5 Å². The summed E-state index contributed by atoms with van der Waals surface area (Å²) in [5, 5.41) is 0. The molecule has 0 radical (unpaired) electrons. The van der Waals surface area contributed by atoms with Gasteiger partial charge in [-0.05, 0) is 36.8 Å². The average Bonchev–Trinajstić information content (AvgIpc) is 3.23. The second-order valence-electron chi connectivity index (χ2n) is 7.93. The summed E-state index contributed by atoms with van der Waals surface area (Å²) in [7, 11) is 0. The molecule has 0 amide bonds. The van der Waals surface area contributed by atoms with Crippen LogP contribution in [0.1, 0.15) is 95.4 Å². The van der Waals surface area contributed by atoms with Gasteiger partial charge in [0.25, 0.3) is 0 Å². The van der Waals surface area contributed by atoms with Crippen LogP contribution in [-0.4, -0.2) is 16.6 Å². The van der Waals surface area contributed by atoms with E-state index in [-0.39, 0.29) is 11.7 Å².